The molecule has 0 unspecified atom stereocenters. The van der Waals surface area contributed by atoms with Crippen molar-refractivity contribution >= 4 is 44.7 Å². The molecule has 2 heterocycles. The van der Waals surface area contributed by atoms with E-state index in [0.29, 0.717) is 40.7 Å². The molecule has 1 fully saturated rings. The van der Waals surface area contributed by atoms with E-state index in [0.717, 1.165) is 30.2 Å². The second-order valence-electron chi connectivity index (χ2n) is 12.0. The first-order chi connectivity index (χ1) is 22.4. The van der Waals surface area contributed by atoms with Crippen LogP contribution in [0.4, 0.5) is 5.82 Å². The highest BCUT2D eigenvalue weighted by Crippen LogP contribution is 2.46. The van der Waals surface area contributed by atoms with Gasteiger partial charge >= 0.3 is 5.97 Å². The van der Waals surface area contributed by atoms with E-state index in [9.17, 15) is 22.8 Å². The number of methoxy groups -OCH3 is 1. The van der Waals surface area contributed by atoms with Crippen LogP contribution in [0.1, 0.15) is 71.6 Å². The molecule has 1 aliphatic rings. The van der Waals surface area contributed by atoms with Crippen molar-refractivity contribution in [2.45, 2.75) is 51.5 Å². The number of hydrogen-bond acceptors (Lipinski definition) is 8. The highest BCUT2D eigenvalue weighted by molar-refractivity contribution is 7.92. The summed E-state index contributed by atoms with van der Waals surface area (Å²) in [7, 11) is -0.982. The molecule has 2 atom stereocenters. The lowest BCUT2D eigenvalue weighted by Gasteiger charge is -2.25. The summed E-state index contributed by atoms with van der Waals surface area (Å²) in [5.74, 6) is -1.07. The molecule has 2 aromatic carbocycles. The quantitative estimate of drug-likeness (QED) is 0.185. The number of hydrogen-bond donors (Lipinski definition) is 2. The molecule has 2 aromatic heterocycles. The Kier molecular flexibility index (Phi) is 9.99. The molecular weight excluding hydrogens is 620 g/mol. The Hall–Kier alpha value is -4.71. The van der Waals surface area contributed by atoms with Gasteiger partial charge in [-0.25, -0.2) is 13.2 Å². The number of pyridine rings is 1. The first-order valence-corrected chi connectivity index (χ1v) is 17.4. The number of anilines is 1. The second kappa shape index (κ2) is 14.0. The summed E-state index contributed by atoms with van der Waals surface area (Å²) in [6.45, 7) is 3.77. The number of carbonyl (C=O) groups is 3. The van der Waals surface area contributed by atoms with E-state index in [2.05, 4.69) is 10.6 Å². The number of nitrogens with zero attached hydrogens (tertiary/aromatic N) is 2. The zero-order valence-electron chi connectivity index (χ0n) is 27.2. The predicted octanol–water partition coefficient (Wildman–Crippen LogP) is 5.25. The van der Waals surface area contributed by atoms with Crippen LogP contribution in [0.25, 0.3) is 22.4 Å². The first kappa shape index (κ1) is 33.6. The number of carbonyl (C=O) groups excluding carboxylic acids is 3. The maximum absolute atomic E-state index is 13.2. The van der Waals surface area contributed by atoms with Gasteiger partial charge in [0.1, 0.15) is 11.6 Å². The summed E-state index contributed by atoms with van der Waals surface area (Å²) in [5.41, 5.74) is 3.60. The highest BCUT2D eigenvalue weighted by Gasteiger charge is 2.34. The molecule has 1 aliphatic carbocycles. The molecule has 0 radical (unpaired) electrons. The Labute approximate surface area is 274 Å². The fourth-order valence-corrected chi connectivity index (χ4v) is 6.53. The van der Waals surface area contributed by atoms with Gasteiger partial charge in [0.25, 0.3) is 5.91 Å². The van der Waals surface area contributed by atoms with Crippen molar-refractivity contribution in [2.75, 3.05) is 31.3 Å². The number of sulfonamides is 1. The molecule has 2 amide bonds. The summed E-state index contributed by atoms with van der Waals surface area (Å²) in [5, 5.41) is 5.98. The molecule has 0 spiro atoms. The minimum Gasteiger partial charge on any atom is -0.467 e. The lowest BCUT2D eigenvalue weighted by atomic mass is 10.0. The Bertz CT molecular complexity index is 1880. The van der Waals surface area contributed by atoms with E-state index in [-0.39, 0.29) is 35.8 Å². The summed E-state index contributed by atoms with van der Waals surface area (Å²) >= 11 is 0. The number of rotatable bonds is 13. The highest BCUT2D eigenvalue weighted by atomic mass is 32.2. The van der Waals surface area contributed by atoms with Crippen LogP contribution in [-0.2, 0) is 24.3 Å². The topological polar surface area (TPSA) is 148 Å². The summed E-state index contributed by atoms with van der Waals surface area (Å²) < 4.78 is 38.8. The average Bonchev–Trinajstić information content (AvgIpc) is 3.84. The minimum atomic E-state index is -3.80. The Morgan fingerprint density at radius 1 is 1.09 bits per heavy atom. The van der Waals surface area contributed by atoms with E-state index in [1.54, 1.807) is 38.2 Å². The normalized spacial score (nSPS) is 14.3. The summed E-state index contributed by atoms with van der Waals surface area (Å²) in [6, 6.07) is 17.3. The molecule has 12 heteroatoms. The van der Waals surface area contributed by atoms with Crippen LogP contribution in [0, 0.1) is 12.8 Å². The van der Waals surface area contributed by atoms with Gasteiger partial charge in [0, 0.05) is 25.1 Å². The second-order valence-corrected chi connectivity index (χ2v) is 13.9. The number of amides is 2. The largest absolute Gasteiger partial charge is 0.467 e. The maximum atomic E-state index is 13.2. The lowest BCUT2D eigenvalue weighted by Crippen LogP contribution is -2.38. The van der Waals surface area contributed by atoms with E-state index in [1.807, 2.05) is 43.3 Å². The van der Waals surface area contributed by atoms with Crippen LogP contribution in [-0.4, -0.2) is 58.1 Å². The molecule has 1 saturated carbocycles. The van der Waals surface area contributed by atoms with Gasteiger partial charge < -0.3 is 19.8 Å². The number of aromatic nitrogens is 1. The minimum absolute atomic E-state index is 0.0711. The number of nitrogens with one attached hydrogen (secondary N) is 2. The molecule has 0 saturated heterocycles. The molecule has 2 N–H and O–H groups in total. The third-order valence-electron chi connectivity index (χ3n) is 8.41. The monoisotopic (exact) mass is 660 g/mol. The molecule has 248 valence electrons. The Morgan fingerprint density at radius 2 is 1.77 bits per heavy atom. The number of furan rings is 1. The Balaban J connectivity index is 1.42. The first-order valence-electron chi connectivity index (χ1n) is 15.6. The molecule has 11 nitrogen and oxygen atoms in total. The van der Waals surface area contributed by atoms with Gasteiger partial charge in [0.2, 0.25) is 21.6 Å². The van der Waals surface area contributed by atoms with Crippen LogP contribution in [0.3, 0.4) is 0 Å². The molecule has 5 rings (SSSR count). The van der Waals surface area contributed by atoms with Crippen LogP contribution in [0.15, 0.2) is 65.1 Å². The maximum Gasteiger partial charge on any atom is 0.333 e. The summed E-state index contributed by atoms with van der Waals surface area (Å²) in [6.07, 6.45) is 3.56. The molecule has 0 aliphatic heterocycles. The fourth-order valence-electron chi connectivity index (χ4n) is 5.61. The van der Waals surface area contributed by atoms with E-state index >= 15 is 0 Å². The van der Waals surface area contributed by atoms with Gasteiger partial charge in [-0.2, -0.15) is 4.98 Å². The fraction of sp³-hybridized carbons (Fsp3) is 0.371. The van der Waals surface area contributed by atoms with Crippen molar-refractivity contribution in [1.82, 2.24) is 15.6 Å². The SMILES string of the molecule is CNC(=O)c1c(-c2ccc(C)cc2)oc2nc(N(CCC[C@@H](C)C(=O)N[C@H](C(=O)OC)c3ccccc3)S(C)(=O)=O)c(C3CC3)cc12. The van der Waals surface area contributed by atoms with Gasteiger partial charge in [-0.15, -0.1) is 0 Å². The van der Waals surface area contributed by atoms with Crippen molar-refractivity contribution in [1.29, 1.82) is 0 Å². The number of benzene rings is 2. The van der Waals surface area contributed by atoms with E-state index < -0.39 is 28.0 Å². The van der Waals surface area contributed by atoms with Gasteiger partial charge in [0.05, 0.1) is 24.3 Å². The number of ether oxygens (including phenoxy) is 1. The zero-order valence-corrected chi connectivity index (χ0v) is 28.0. The van der Waals surface area contributed by atoms with Crippen LogP contribution >= 0.6 is 0 Å². The molecule has 47 heavy (non-hydrogen) atoms. The molecule has 0 bridgehead atoms. The number of esters is 1. The number of aryl methyl sites for hydroxylation is 1. The van der Waals surface area contributed by atoms with Crippen molar-refractivity contribution in [2.24, 2.45) is 5.92 Å². The lowest BCUT2D eigenvalue weighted by molar-refractivity contribution is -0.145. The predicted molar refractivity (Wildman–Crippen MR) is 179 cm³/mol. The third-order valence-corrected chi connectivity index (χ3v) is 9.57. The average molecular weight is 661 g/mol. The third kappa shape index (κ3) is 7.48. The van der Waals surface area contributed by atoms with Gasteiger partial charge in [-0.05, 0) is 55.7 Å². The summed E-state index contributed by atoms with van der Waals surface area (Å²) in [4.78, 5) is 43.5. The van der Waals surface area contributed by atoms with Crippen LogP contribution < -0.4 is 14.9 Å². The van der Waals surface area contributed by atoms with Crippen molar-refractivity contribution < 1.29 is 32.0 Å². The van der Waals surface area contributed by atoms with Gasteiger partial charge in [-0.1, -0.05) is 67.1 Å². The Morgan fingerprint density at radius 3 is 2.36 bits per heavy atom. The number of fused-ring (bicyclic) bond motifs is 1. The standard InChI is InChI=1S/C35H40N4O7S/c1-21-13-15-25(16-14-21)30-28(33(41)36-3)27-20-26(23-17-18-23)31(38-34(27)46-30)39(47(5,43)44)19-9-10-22(2)32(40)37-29(35(42)45-4)24-11-7-6-8-12-24/h6-8,11-16,20,22-23,29H,9-10,17-19H2,1-5H3,(H,36,41)(H,37,40)/t22-,29+/m1/s1. The van der Waals surface area contributed by atoms with Crippen molar-refractivity contribution in [3.05, 3.63) is 82.9 Å². The smallest absolute Gasteiger partial charge is 0.333 e. The zero-order chi connectivity index (χ0) is 33.9. The van der Waals surface area contributed by atoms with Gasteiger partial charge in [0.15, 0.2) is 6.04 Å². The van der Waals surface area contributed by atoms with E-state index in [4.69, 9.17) is 14.1 Å². The van der Waals surface area contributed by atoms with Gasteiger partial charge in [-0.3, -0.25) is 13.9 Å². The van der Waals surface area contributed by atoms with Crippen molar-refractivity contribution in [3.63, 3.8) is 0 Å². The van der Waals surface area contributed by atoms with Crippen molar-refractivity contribution in [3.8, 4) is 11.3 Å². The van der Waals surface area contributed by atoms with Crippen LogP contribution in [0.5, 0.6) is 0 Å². The molecular formula is C35H40N4O7S. The molecule has 4 aromatic rings. The van der Waals surface area contributed by atoms with E-state index in [1.165, 1.54) is 11.4 Å². The van der Waals surface area contributed by atoms with Crippen LogP contribution in [0.2, 0.25) is 0 Å².